The summed E-state index contributed by atoms with van der Waals surface area (Å²) in [6.45, 7) is 0.891. The molecular weight excluding hydrogens is 482 g/mol. The van der Waals surface area contributed by atoms with Crippen molar-refractivity contribution in [3.05, 3.63) is 154 Å². The zero-order chi connectivity index (χ0) is 26.4. The molecule has 5 aromatic carbocycles. The van der Waals surface area contributed by atoms with Gasteiger partial charge in [0.05, 0.1) is 5.52 Å². The van der Waals surface area contributed by atoms with E-state index in [2.05, 4.69) is 4.98 Å². The Kier molecular flexibility index (Phi) is 6.91. The standard InChI is InChI=1S/C35H27NO3/c37-35-29-15-7-8-17-31(29)36-34-28(14-9-16-30(34)35)20-18-25-19-21-32(38-23-26-10-3-1-4-11-26)33(22-25)39-24-27-12-5-2-6-13-27/h1-22H,23-24H2,(H,36,37)/b20-18+. The Morgan fingerprint density at radius 1 is 0.590 bits per heavy atom. The number of fused-ring (bicyclic) bond motifs is 2. The van der Waals surface area contributed by atoms with Crippen molar-refractivity contribution in [1.29, 1.82) is 0 Å². The minimum absolute atomic E-state index is 0.0334. The Balaban J connectivity index is 1.31. The number of benzene rings is 5. The van der Waals surface area contributed by atoms with Gasteiger partial charge in [0.25, 0.3) is 0 Å². The maximum absolute atomic E-state index is 13.1. The average Bonchev–Trinajstić information content (AvgIpc) is 2.99. The Labute approximate surface area is 226 Å². The number of hydrogen-bond donors (Lipinski definition) is 1. The van der Waals surface area contributed by atoms with Crippen molar-refractivity contribution in [1.82, 2.24) is 4.98 Å². The van der Waals surface area contributed by atoms with Crippen molar-refractivity contribution in [2.24, 2.45) is 0 Å². The van der Waals surface area contributed by atoms with Crippen LogP contribution < -0.4 is 14.9 Å². The normalized spacial score (nSPS) is 11.3. The first-order valence-electron chi connectivity index (χ1n) is 12.9. The topological polar surface area (TPSA) is 51.3 Å². The van der Waals surface area contributed by atoms with E-state index < -0.39 is 0 Å². The minimum atomic E-state index is 0.0334. The minimum Gasteiger partial charge on any atom is -0.485 e. The highest BCUT2D eigenvalue weighted by atomic mass is 16.5. The van der Waals surface area contributed by atoms with Gasteiger partial charge in [0.2, 0.25) is 0 Å². The van der Waals surface area contributed by atoms with Crippen LogP contribution in [0.3, 0.4) is 0 Å². The molecule has 39 heavy (non-hydrogen) atoms. The van der Waals surface area contributed by atoms with E-state index >= 15 is 0 Å². The predicted molar refractivity (Wildman–Crippen MR) is 159 cm³/mol. The maximum Gasteiger partial charge on any atom is 0.197 e. The molecule has 0 bridgehead atoms. The highest BCUT2D eigenvalue weighted by Crippen LogP contribution is 2.31. The molecule has 1 N–H and O–H groups in total. The van der Waals surface area contributed by atoms with Crippen molar-refractivity contribution in [3.63, 3.8) is 0 Å². The second-order valence-electron chi connectivity index (χ2n) is 9.36. The van der Waals surface area contributed by atoms with E-state index in [1.54, 1.807) is 0 Å². The number of hydrogen-bond acceptors (Lipinski definition) is 3. The second-order valence-corrected chi connectivity index (χ2v) is 9.36. The first-order chi connectivity index (χ1) is 19.2. The first kappa shape index (κ1) is 24.3. The highest BCUT2D eigenvalue weighted by molar-refractivity contribution is 5.97. The number of aromatic amines is 1. The van der Waals surface area contributed by atoms with E-state index in [4.69, 9.17) is 9.47 Å². The molecule has 0 spiro atoms. The van der Waals surface area contributed by atoms with Crippen LogP contribution in [-0.2, 0) is 13.2 Å². The van der Waals surface area contributed by atoms with Gasteiger partial charge in [-0.25, -0.2) is 0 Å². The lowest BCUT2D eigenvalue weighted by Crippen LogP contribution is -2.04. The SMILES string of the molecule is O=c1c2ccccc2[nH]c2c(/C=C/c3ccc(OCc4ccccc4)c(OCc4ccccc4)c3)cccc12. The molecule has 0 aliphatic carbocycles. The molecule has 6 rings (SSSR count). The zero-order valence-corrected chi connectivity index (χ0v) is 21.3. The summed E-state index contributed by atoms with van der Waals surface area (Å²) in [5.74, 6) is 1.36. The van der Waals surface area contributed by atoms with Crippen LogP contribution in [0.15, 0.2) is 126 Å². The summed E-state index contributed by atoms with van der Waals surface area (Å²) in [6, 6.07) is 39.5. The molecule has 0 aliphatic rings. The van der Waals surface area contributed by atoms with Crippen LogP contribution in [0, 0.1) is 0 Å². The third kappa shape index (κ3) is 5.46. The van der Waals surface area contributed by atoms with Gasteiger partial charge in [0.15, 0.2) is 16.9 Å². The summed E-state index contributed by atoms with van der Waals surface area (Å²) in [4.78, 5) is 16.5. The van der Waals surface area contributed by atoms with Gasteiger partial charge in [-0.1, -0.05) is 103 Å². The summed E-state index contributed by atoms with van der Waals surface area (Å²) in [6.07, 6.45) is 4.05. The van der Waals surface area contributed by atoms with Crippen molar-refractivity contribution >= 4 is 34.0 Å². The summed E-state index contributed by atoms with van der Waals surface area (Å²) in [7, 11) is 0. The fraction of sp³-hybridized carbons (Fsp3) is 0.0571. The number of H-pyrrole nitrogens is 1. The van der Waals surface area contributed by atoms with Gasteiger partial charge in [0.1, 0.15) is 13.2 Å². The molecule has 190 valence electrons. The molecule has 0 saturated carbocycles. The van der Waals surface area contributed by atoms with Crippen LogP contribution in [0.1, 0.15) is 22.3 Å². The molecule has 0 unspecified atom stereocenters. The molecule has 0 fully saturated rings. The molecule has 4 nitrogen and oxygen atoms in total. The van der Waals surface area contributed by atoms with Crippen LogP contribution in [0.5, 0.6) is 11.5 Å². The maximum atomic E-state index is 13.1. The first-order valence-corrected chi connectivity index (χ1v) is 12.9. The number of para-hydroxylation sites is 2. The van der Waals surface area contributed by atoms with Gasteiger partial charge in [-0.2, -0.15) is 0 Å². The van der Waals surface area contributed by atoms with E-state index in [0.717, 1.165) is 33.3 Å². The molecule has 0 radical (unpaired) electrons. The Bertz CT molecular complexity index is 1820. The second kappa shape index (κ2) is 11.1. The third-order valence-corrected chi connectivity index (χ3v) is 6.67. The smallest absolute Gasteiger partial charge is 0.197 e. The number of nitrogens with one attached hydrogen (secondary N) is 1. The molecule has 6 aromatic rings. The monoisotopic (exact) mass is 509 g/mol. The lowest BCUT2D eigenvalue weighted by molar-refractivity contribution is 0.256. The van der Waals surface area contributed by atoms with E-state index in [1.165, 1.54) is 0 Å². The van der Waals surface area contributed by atoms with E-state index in [9.17, 15) is 4.79 Å². The third-order valence-electron chi connectivity index (χ3n) is 6.67. The number of ether oxygens (including phenoxy) is 2. The average molecular weight is 510 g/mol. The van der Waals surface area contributed by atoms with Gasteiger partial charge in [0, 0.05) is 16.3 Å². The van der Waals surface area contributed by atoms with Gasteiger partial charge in [-0.3, -0.25) is 4.79 Å². The van der Waals surface area contributed by atoms with Crippen molar-refractivity contribution in [2.75, 3.05) is 0 Å². The summed E-state index contributed by atoms with van der Waals surface area (Å²) in [5.41, 5.74) is 5.75. The zero-order valence-electron chi connectivity index (χ0n) is 21.3. The van der Waals surface area contributed by atoms with Gasteiger partial charge in [-0.15, -0.1) is 0 Å². The van der Waals surface area contributed by atoms with Gasteiger partial charge in [-0.05, 0) is 52.6 Å². The van der Waals surface area contributed by atoms with Crippen molar-refractivity contribution < 1.29 is 9.47 Å². The number of rotatable bonds is 8. The van der Waals surface area contributed by atoms with Gasteiger partial charge < -0.3 is 14.5 Å². The summed E-state index contributed by atoms with van der Waals surface area (Å²) >= 11 is 0. The summed E-state index contributed by atoms with van der Waals surface area (Å²) in [5, 5.41) is 1.37. The van der Waals surface area contributed by atoms with E-state index in [0.29, 0.717) is 35.5 Å². The Hall–Kier alpha value is -5.09. The van der Waals surface area contributed by atoms with Crippen LogP contribution in [0.25, 0.3) is 34.0 Å². The van der Waals surface area contributed by atoms with Crippen molar-refractivity contribution in [3.8, 4) is 11.5 Å². The van der Waals surface area contributed by atoms with E-state index in [1.807, 2.05) is 133 Å². The van der Waals surface area contributed by atoms with Crippen LogP contribution in [-0.4, -0.2) is 4.98 Å². The Morgan fingerprint density at radius 2 is 1.23 bits per heavy atom. The molecule has 1 heterocycles. The number of pyridine rings is 1. The number of aromatic nitrogens is 1. The molecule has 0 saturated heterocycles. The fourth-order valence-electron chi connectivity index (χ4n) is 4.62. The largest absolute Gasteiger partial charge is 0.485 e. The molecule has 0 aliphatic heterocycles. The molecule has 0 amide bonds. The molecule has 0 atom stereocenters. The fourth-order valence-corrected chi connectivity index (χ4v) is 4.62. The lowest BCUT2D eigenvalue weighted by Gasteiger charge is -2.14. The summed E-state index contributed by atoms with van der Waals surface area (Å²) < 4.78 is 12.4. The molecular formula is C35H27NO3. The molecule has 1 aromatic heterocycles. The molecule has 4 heteroatoms. The lowest BCUT2D eigenvalue weighted by atomic mass is 10.0. The van der Waals surface area contributed by atoms with Crippen LogP contribution in [0.2, 0.25) is 0 Å². The van der Waals surface area contributed by atoms with Gasteiger partial charge >= 0.3 is 0 Å². The quantitative estimate of drug-likeness (QED) is 0.167. The Morgan fingerprint density at radius 3 is 1.97 bits per heavy atom. The predicted octanol–water partition coefficient (Wildman–Crippen LogP) is 8.01. The van der Waals surface area contributed by atoms with Crippen LogP contribution >= 0.6 is 0 Å². The highest BCUT2D eigenvalue weighted by Gasteiger charge is 2.09. The van der Waals surface area contributed by atoms with Crippen molar-refractivity contribution in [2.45, 2.75) is 13.2 Å². The van der Waals surface area contributed by atoms with Crippen LogP contribution in [0.4, 0.5) is 0 Å². The van der Waals surface area contributed by atoms with E-state index in [-0.39, 0.29) is 5.43 Å².